The van der Waals surface area contributed by atoms with E-state index in [-0.39, 0.29) is 24.1 Å². The van der Waals surface area contributed by atoms with Crippen LogP contribution in [0.4, 0.5) is 5.69 Å². The van der Waals surface area contributed by atoms with Gasteiger partial charge in [-0.1, -0.05) is 32.9 Å². The molecule has 1 heterocycles. The van der Waals surface area contributed by atoms with Gasteiger partial charge in [0.05, 0.1) is 6.20 Å². The van der Waals surface area contributed by atoms with E-state index in [2.05, 4.69) is 31.6 Å². The zero-order chi connectivity index (χ0) is 20.1. The second-order valence-electron chi connectivity index (χ2n) is 6.12. The van der Waals surface area contributed by atoms with Crippen molar-refractivity contribution in [2.75, 3.05) is 19.4 Å². The monoisotopic (exact) mass is 459 g/mol. The Morgan fingerprint density at radius 1 is 1.07 bits per heavy atom. The summed E-state index contributed by atoms with van der Waals surface area (Å²) in [6.07, 6.45) is 1.45. The zero-order valence-corrected chi connectivity index (χ0v) is 17.7. The molecule has 0 atom stereocenters. The molecule has 0 saturated carbocycles. The summed E-state index contributed by atoms with van der Waals surface area (Å²) in [5.74, 6) is -0.507. The van der Waals surface area contributed by atoms with Crippen LogP contribution in [0.5, 0.6) is 0 Å². The van der Waals surface area contributed by atoms with Crippen molar-refractivity contribution in [3.63, 3.8) is 0 Å². The quantitative estimate of drug-likeness (QED) is 0.609. The lowest BCUT2D eigenvalue weighted by atomic mass is 10.3. The summed E-state index contributed by atoms with van der Waals surface area (Å²) in [5.41, 5.74) is 0.809. The molecule has 0 aliphatic heterocycles. The SMILES string of the molecule is CN(C)C(=O)Cn1cc(C(=O)Nc2ccc(Sc3ccc(Br)cc3)cc2)nn1. The highest BCUT2D eigenvalue weighted by Crippen LogP contribution is 2.29. The molecule has 0 aliphatic carbocycles. The van der Waals surface area contributed by atoms with E-state index < -0.39 is 0 Å². The molecule has 0 unspecified atom stereocenters. The fourth-order valence-corrected chi connectivity index (χ4v) is 3.28. The Morgan fingerprint density at radius 3 is 2.29 bits per heavy atom. The Balaban J connectivity index is 1.59. The molecule has 2 aromatic carbocycles. The molecule has 144 valence electrons. The predicted octanol–water partition coefficient (Wildman–Crippen LogP) is 3.53. The van der Waals surface area contributed by atoms with Gasteiger partial charge in [-0.3, -0.25) is 9.59 Å². The molecule has 3 aromatic rings. The second-order valence-corrected chi connectivity index (χ2v) is 8.19. The molecule has 28 heavy (non-hydrogen) atoms. The zero-order valence-electron chi connectivity index (χ0n) is 15.3. The third kappa shape index (κ3) is 5.43. The van der Waals surface area contributed by atoms with E-state index in [0.29, 0.717) is 5.69 Å². The van der Waals surface area contributed by atoms with Gasteiger partial charge in [-0.15, -0.1) is 5.10 Å². The van der Waals surface area contributed by atoms with Crippen molar-refractivity contribution in [1.82, 2.24) is 19.9 Å². The van der Waals surface area contributed by atoms with Gasteiger partial charge < -0.3 is 10.2 Å². The van der Waals surface area contributed by atoms with Crippen molar-refractivity contribution in [3.05, 3.63) is 64.9 Å². The number of anilines is 1. The topological polar surface area (TPSA) is 80.1 Å². The lowest BCUT2D eigenvalue weighted by molar-refractivity contribution is -0.129. The van der Waals surface area contributed by atoms with E-state index in [9.17, 15) is 9.59 Å². The van der Waals surface area contributed by atoms with Crippen molar-refractivity contribution in [3.8, 4) is 0 Å². The number of rotatable bonds is 6. The number of nitrogens with zero attached hydrogens (tertiary/aromatic N) is 4. The number of halogens is 1. The van der Waals surface area contributed by atoms with Gasteiger partial charge in [0, 0.05) is 34.0 Å². The van der Waals surface area contributed by atoms with Crippen molar-refractivity contribution in [2.45, 2.75) is 16.3 Å². The van der Waals surface area contributed by atoms with Gasteiger partial charge in [0.25, 0.3) is 5.91 Å². The molecular formula is C19H18BrN5O2S. The summed E-state index contributed by atoms with van der Waals surface area (Å²) in [5, 5.41) is 10.4. The highest BCUT2D eigenvalue weighted by molar-refractivity contribution is 9.10. The largest absolute Gasteiger partial charge is 0.347 e. The van der Waals surface area contributed by atoms with Crippen LogP contribution in [0.2, 0.25) is 0 Å². The Kier molecular flexibility index (Phi) is 6.48. The van der Waals surface area contributed by atoms with Crippen LogP contribution in [0.15, 0.2) is 69.0 Å². The fourth-order valence-electron chi connectivity index (χ4n) is 2.20. The molecule has 2 amide bonds. The second kappa shape index (κ2) is 9.03. The lowest BCUT2D eigenvalue weighted by Gasteiger charge is -2.08. The number of nitrogens with one attached hydrogen (secondary N) is 1. The highest BCUT2D eigenvalue weighted by atomic mass is 79.9. The number of aromatic nitrogens is 3. The molecule has 7 nitrogen and oxygen atoms in total. The first-order valence-electron chi connectivity index (χ1n) is 8.36. The molecule has 0 saturated heterocycles. The van der Waals surface area contributed by atoms with Gasteiger partial charge in [-0.05, 0) is 48.5 Å². The Labute approximate surface area is 175 Å². The standard InChI is InChI=1S/C19H18BrN5O2S/c1-24(2)18(26)12-25-11-17(22-23-25)19(27)21-14-5-9-16(10-6-14)28-15-7-3-13(20)4-8-15/h3-11H,12H2,1-2H3,(H,21,27). The Morgan fingerprint density at radius 2 is 1.68 bits per heavy atom. The number of hydrogen-bond donors (Lipinski definition) is 1. The lowest BCUT2D eigenvalue weighted by Crippen LogP contribution is -2.26. The molecule has 0 fully saturated rings. The first kappa shape index (κ1) is 20.1. The molecule has 1 aromatic heterocycles. The van der Waals surface area contributed by atoms with Gasteiger partial charge in [-0.2, -0.15) is 0 Å². The maximum absolute atomic E-state index is 12.3. The smallest absolute Gasteiger partial charge is 0.277 e. The van der Waals surface area contributed by atoms with Crippen molar-refractivity contribution < 1.29 is 9.59 Å². The molecule has 0 aliphatic rings. The predicted molar refractivity (Wildman–Crippen MR) is 111 cm³/mol. The third-order valence-corrected chi connectivity index (χ3v) is 5.27. The van der Waals surface area contributed by atoms with Crippen LogP contribution in [0.25, 0.3) is 0 Å². The van der Waals surface area contributed by atoms with E-state index in [4.69, 9.17) is 0 Å². The van der Waals surface area contributed by atoms with E-state index in [1.807, 2.05) is 48.5 Å². The van der Waals surface area contributed by atoms with Gasteiger partial charge >= 0.3 is 0 Å². The van der Waals surface area contributed by atoms with Crippen LogP contribution in [-0.4, -0.2) is 45.8 Å². The van der Waals surface area contributed by atoms with Gasteiger partial charge in [-0.25, -0.2) is 4.68 Å². The van der Waals surface area contributed by atoms with Crippen molar-refractivity contribution in [1.29, 1.82) is 0 Å². The highest BCUT2D eigenvalue weighted by Gasteiger charge is 2.13. The minimum atomic E-state index is -0.378. The molecule has 3 rings (SSSR count). The number of hydrogen-bond acceptors (Lipinski definition) is 5. The van der Waals surface area contributed by atoms with E-state index >= 15 is 0 Å². The van der Waals surface area contributed by atoms with Crippen LogP contribution in [0, 0.1) is 0 Å². The average molecular weight is 460 g/mol. The summed E-state index contributed by atoms with van der Waals surface area (Å²) in [6.45, 7) is 0.0370. The first-order chi connectivity index (χ1) is 13.4. The molecule has 1 N–H and O–H groups in total. The van der Waals surface area contributed by atoms with E-state index in [1.165, 1.54) is 15.8 Å². The molecule has 0 bridgehead atoms. The molecule has 0 spiro atoms. The van der Waals surface area contributed by atoms with E-state index in [0.717, 1.165) is 14.3 Å². The number of carbonyl (C=O) groups is 2. The summed E-state index contributed by atoms with van der Waals surface area (Å²) in [4.78, 5) is 27.7. The van der Waals surface area contributed by atoms with Crippen LogP contribution in [-0.2, 0) is 11.3 Å². The van der Waals surface area contributed by atoms with Gasteiger partial charge in [0.1, 0.15) is 6.54 Å². The fraction of sp³-hybridized carbons (Fsp3) is 0.158. The third-order valence-electron chi connectivity index (χ3n) is 3.73. The maximum atomic E-state index is 12.3. The van der Waals surface area contributed by atoms with Crippen LogP contribution in [0.1, 0.15) is 10.5 Å². The summed E-state index contributed by atoms with van der Waals surface area (Å²) in [6, 6.07) is 15.6. The summed E-state index contributed by atoms with van der Waals surface area (Å²) < 4.78 is 2.38. The molecular weight excluding hydrogens is 442 g/mol. The Hall–Kier alpha value is -2.65. The molecule has 0 radical (unpaired) electrons. The minimum Gasteiger partial charge on any atom is -0.347 e. The van der Waals surface area contributed by atoms with Crippen LogP contribution in [0.3, 0.4) is 0 Å². The normalized spacial score (nSPS) is 10.5. The van der Waals surface area contributed by atoms with Crippen LogP contribution < -0.4 is 5.32 Å². The maximum Gasteiger partial charge on any atom is 0.277 e. The number of likely N-dealkylation sites (N-methyl/N-ethyl adjacent to an activating group) is 1. The minimum absolute atomic E-state index is 0.0370. The van der Waals surface area contributed by atoms with Crippen molar-refractivity contribution >= 4 is 45.2 Å². The number of amides is 2. The van der Waals surface area contributed by atoms with E-state index in [1.54, 1.807) is 25.9 Å². The van der Waals surface area contributed by atoms with Crippen LogP contribution >= 0.6 is 27.7 Å². The average Bonchev–Trinajstić information content (AvgIpc) is 3.14. The van der Waals surface area contributed by atoms with Gasteiger partial charge in [0.15, 0.2) is 5.69 Å². The Bertz CT molecular complexity index is 971. The number of carbonyl (C=O) groups excluding carboxylic acids is 2. The van der Waals surface area contributed by atoms with Gasteiger partial charge in [0.2, 0.25) is 5.91 Å². The first-order valence-corrected chi connectivity index (χ1v) is 9.97. The van der Waals surface area contributed by atoms with Crippen molar-refractivity contribution in [2.24, 2.45) is 0 Å². The molecule has 9 heteroatoms. The number of benzene rings is 2. The summed E-state index contributed by atoms with van der Waals surface area (Å²) >= 11 is 5.06. The summed E-state index contributed by atoms with van der Waals surface area (Å²) in [7, 11) is 3.32.